The minimum atomic E-state index is -0.373. The number of hydrogen-bond acceptors (Lipinski definition) is 5. The molecule has 1 saturated heterocycles. The third kappa shape index (κ3) is 2.93. The van der Waals surface area contributed by atoms with Crippen LogP contribution in [0.4, 0.5) is 0 Å². The smallest absolute Gasteiger partial charge is 0.399 e. The van der Waals surface area contributed by atoms with E-state index in [0.29, 0.717) is 5.82 Å². The second-order valence-electron chi connectivity index (χ2n) is 7.45. The van der Waals surface area contributed by atoms with E-state index in [2.05, 4.69) is 15.4 Å². The van der Waals surface area contributed by atoms with Crippen LogP contribution in [-0.2, 0) is 9.31 Å². The predicted molar refractivity (Wildman–Crippen MR) is 100 cm³/mol. The minimum absolute atomic E-state index is 0.351. The largest absolute Gasteiger partial charge is 0.494 e. The lowest BCUT2D eigenvalue weighted by Crippen LogP contribution is -2.41. The van der Waals surface area contributed by atoms with Crippen LogP contribution < -0.4 is 5.46 Å². The Balaban J connectivity index is 1.55. The Hall–Kier alpha value is -2.51. The van der Waals surface area contributed by atoms with Gasteiger partial charge in [-0.1, -0.05) is 42.5 Å². The predicted octanol–water partition coefficient (Wildman–Crippen LogP) is 2.63. The maximum absolute atomic E-state index is 6.09. The van der Waals surface area contributed by atoms with E-state index in [0.717, 1.165) is 16.7 Å². The lowest BCUT2D eigenvalue weighted by atomic mass is 9.79. The molecule has 7 heteroatoms. The summed E-state index contributed by atoms with van der Waals surface area (Å²) in [5, 5.41) is 12.7. The first-order valence-corrected chi connectivity index (χ1v) is 8.67. The molecule has 0 unspecified atom stereocenters. The molecule has 3 aromatic rings. The standard InChI is InChI=1S/C19H21BN4O2/c1-18(2)19(3,4)26-20(25-18)15-12-10-14(11-13-15)17-21-23-24(22-17)16-8-6-5-7-9-16/h5-13H,1-4H3. The maximum Gasteiger partial charge on any atom is 0.494 e. The molecule has 2 aromatic carbocycles. The highest BCUT2D eigenvalue weighted by Gasteiger charge is 2.51. The number of benzene rings is 2. The molecule has 2 heterocycles. The first-order valence-electron chi connectivity index (χ1n) is 8.67. The van der Waals surface area contributed by atoms with Crippen LogP contribution in [-0.4, -0.2) is 38.5 Å². The van der Waals surface area contributed by atoms with Crippen molar-refractivity contribution in [2.24, 2.45) is 0 Å². The lowest BCUT2D eigenvalue weighted by Gasteiger charge is -2.32. The van der Waals surface area contributed by atoms with Crippen molar-refractivity contribution in [3.05, 3.63) is 54.6 Å². The molecule has 4 rings (SSSR count). The van der Waals surface area contributed by atoms with Gasteiger partial charge in [0, 0.05) is 5.56 Å². The van der Waals surface area contributed by atoms with E-state index in [1.807, 2.05) is 82.3 Å². The molecule has 0 N–H and O–H groups in total. The van der Waals surface area contributed by atoms with Gasteiger partial charge in [-0.05, 0) is 50.5 Å². The molecule has 0 saturated carbocycles. The van der Waals surface area contributed by atoms with Crippen LogP contribution in [0.15, 0.2) is 54.6 Å². The van der Waals surface area contributed by atoms with Crippen molar-refractivity contribution in [3.8, 4) is 17.1 Å². The number of tetrazole rings is 1. The Bertz CT molecular complexity index is 891. The van der Waals surface area contributed by atoms with Gasteiger partial charge in [-0.15, -0.1) is 15.0 Å². The van der Waals surface area contributed by atoms with Gasteiger partial charge in [0.15, 0.2) is 0 Å². The average Bonchev–Trinajstić information content (AvgIpc) is 3.19. The normalized spacial score (nSPS) is 18.2. The van der Waals surface area contributed by atoms with Gasteiger partial charge in [-0.25, -0.2) is 0 Å². The molecular formula is C19H21BN4O2. The van der Waals surface area contributed by atoms with E-state index in [-0.39, 0.29) is 18.3 Å². The summed E-state index contributed by atoms with van der Waals surface area (Å²) in [6, 6.07) is 17.6. The van der Waals surface area contributed by atoms with E-state index in [9.17, 15) is 0 Å². The molecule has 6 nitrogen and oxygen atoms in total. The third-order valence-corrected chi connectivity index (χ3v) is 5.10. The van der Waals surface area contributed by atoms with Gasteiger partial charge in [-0.2, -0.15) is 0 Å². The lowest BCUT2D eigenvalue weighted by molar-refractivity contribution is 0.00578. The topological polar surface area (TPSA) is 62.1 Å². The zero-order valence-electron chi connectivity index (χ0n) is 15.4. The molecule has 1 aliphatic rings. The molecule has 0 radical (unpaired) electrons. The van der Waals surface area contributed by atoms with Gasteiger partial charge < -0.3 is 9.31 Å². The summed E-state index contributed by atoms with van der Waals surface area (Å²) in [6.07, 6.45) is 0. The van der Waals surface area contributed by atoms with Crippen molar-refractivity contribution in [2.45, 2.75) is 38.9 Å². The van der Waals surface area contributed by atoms with Crippen LogP contribution in [0.3, 0.4) is 0 Å². The Morgan fingerprint density at radius 1 is 0.846 bits per heavy atom. The van der Waals surface area contributed by atoms with Gasteiger partial charge >= 0.3 is 7.12 Å². The quantitative estimate of drug-likeness (QED) is 0.681. The zero-order valence-corrected chi connectivity index (χ0v) is 15.4. The number of para-hydroxylation sites is 1. The molecule has 26 heavy (non-hydrogen) atoms. The van der Waals surface area contributed by atoms with Crippen molar-refractivity contribution in [2.75, 3.05) is 0 Å². The highest BCUT2D eigenvalue weighted by molar-refractivity contribution is 6.62. The summed E-state index contributed by atoms with van der Waals surface area (Å²) >= 11 is 0. The number of aromatic nitrogens is 4. The van der Waals surface area contributed by atoms with Crippen LogP contribution in [0.25, 0.3) is 17.1 Å². The summed E-state index contributed by atoms with van der Waals surface area (Å²) in [5.41, 5.74) is 2.04. The van der Waals surface area contributed by atoms with Crippen LogP contribution in [0.5, 0.6) is 0 Å². The van der Waals surface area contributed by atoms with Crippen LogP contribution in [0.2, 0.25) is 0 Å². The van der Waals surface area contributed by atoms with Crippen LogP contribution >= 0.6 is 0 Å². The van der Waals surface area contributed by atoms with Crippen LogP contribution in [0, 0.1) is 0 Å². The van der Waals surface area contributed by atoms with E-state index in [1.165, 1.54) is 4.80 Å². The fourth-order valence-corrected chi connectivity index (χ4v) is 2.77. The molecule has 1 fully saturated rings. The molecule has 0 amide bonds. The first kappa shape index (κ1) is 16.9. The maximum atomic E-state index is 6.09. The second kappa shape index (κ2) is 6.04. The summed E-state index contributed by atoms with van der Waals surface area (Å²) < 4.78 is 12.2. The SMILES string of the molecule is CC1(C)OB(c2ccc(-c3nnn(-c4ccccc4)n3)cc2)OC1(C)C. The fraction of sp³-hybridized carbons (Fsp3) is 0.316. The molecular weight excluding hydrogens is 327 g/mol. The number of nitrogens with zero attached hydrogens (tertiary/aromatic N) is 4. The second-order valence-corrected chi connectivity index (χ2v) is 7.45. The monoisotopic (exact) mass is 348 g/mol. The molecule has 1 aromatic heterocycles. The van der Waals surface area contributed by atoms with Gasteiger partial charge in [0.25, 0.3) is 0 Å². The van der Waals surface area contributed by atoms with E-state index >= 15 is 0 Å². The molecule has 0 atom stereocenters. The molecule has 0 aliphatic carbocycles. The number of rotatable bonds is 3. The van der Waals surface area contributed by atoms with Crippen LogP contribution in [0.1, 0.15) is 27.7 Å². The summed E-state index contributed by atoms with van der Waals surface area (Å²) in [5.74, 6) is 0.578. The average molecular weight is 348 g/mol. The molecule has 0 bridgehead atoms. The zero-order chi connectivity index (χ0) is 18.4. The Labute approximate surface area is 153 Å². The van der Waals surface area contributed by atoms with E-state index < -0.39 is 0 Å². The van der Waals surface area contributed by atoms with Crippen molar-refractivity contribution in [3.63, 3.8) is 0 Å². The summed E-state index contributed by atoms with van der Waals surface area (Å²) in [7, 11) is -0.373. The molecule has 132 valence electrons. The Kier molecular flexibility index (Phi) is 3.93. The molecule has 1 aliphatic heterocycles. The van der Waals surface area contributed by atoms with Gasteiger partial charge in [0.05, 0.1) is 16.9 Å². The van der Waals surface area contributed by atoms with Gasteiger partial charge in [-0.3, -0.25) is 0 Å². The summed E-state index contributed by atoms with van der Waals surface area (Å²) in [6.45, 7) is 8.20. The third-order valence-electron chi connectivity index (χ3n) is 5.10. The Morgan fingerprint density at radius 2 is 1.46 bits per heavy atom. The molecule has 0 spiro atoms. The van der Waals surface area contributed by atoms with Crippen molar-refractivity contribution >= 4 is 12.6 Å². The van der Waals surface area contributed by atoms with Crippen molar-refractivity contribution in [1.29, 1.82) is 0 Å². The Morgan fingerprint density at radius 3 is 2.08 bits per heavy atom. The van der Waals surface area contributed by atoms with E-state index in [4.69, 9.17) is 9.31 Å². The highest BCUT2D eigenvalue weighted by Crippen LogP contribution is 2.36. The first-order chi connectivity index (χ1) is 12.4. The number of hydrogen-bond donors (Lipinski definition) is 0. The fourth-order valence-electron chi connectivity index (χ4n) is 2.77. The summed E-state index contributed by atoms with van der Waals surface area (Å²) in [4.78, 5) is 1.53. The van der Waals surface area contributed by atoms with Crippen molar-refractivity contribution in [1.82, 2.24) is 20.2 Å². The van der Waals surface area contributed by atoms with Crippen molar-refractivity contribution < 1.29 is 9.31 Å². The van der Waals surface area contributed by atoms with Gasteiger partial charge in [0.1, 0.15) is 0 Å². The van der Waals surface area contributed by atoms with Gasteiger partial charge in [0.2, 0.25) is 5.82 Å². The van der Waals surface area contributed by atoms with E-state index in [1.54, 1.807) is 0 Å². The minimum Gasteiger partial charge on any atom is -0.399 e. The highest BCUT2D eigenvalue weighted by atomic mass is 16.7.